The fraction of sp³-hybridized carbons (Fsp3) is 0.429. The number of piperidine rings is 1. The van der Waals surface area contributed by atoms with Crippen molar-refractivity contribution in [1.29, 1.82) is 0 Å². The number of halogens is 2. The number of amides is 1. The molecule has 0 unspecified atom stereocenters. The van der Waals surface area contributed by atoms with Crippen LogP contribution in [0.15, 0.2) is 36.5 Å². The number of pyridine rings is 1. The number of aromatic nitrogens is 1. The van der Waals surface area contributed by atoms with Gasteiger partial charge in [0, 0.05) is 39.0 Å². The SMILES string of the molecule is O=C(c1ccc(N2CCCC2)cn1)N1CCC(Oc2cccc(Cl)c2Cl)CC1. The number of benzene rings is 1. The van der Waals surface area contributed by atoms with Gasteiger partial charge in [0.1, 0.15) is 22.6 Å². The van der Waals surface area contributed by atoms with E-state index in [0.717, 1.165) is 31.6 Å². The molecule has 0 aliphatic carbocycles. The lowest BCUT2D eigenvalue weighted by molar-refractivity contribution is 0.0590. The van der Waals surface area contributed by atoms with E-state index in [1.807, 2.05) is 35.4 Å². The second-order valence-electron chi connectivity index (χ2n) is 7.26. The van der Waals surface area contributed by atoms with Crippen molar-refractivity contribution in [2.45, 2.75) is 31.8 Å². The molecule has 5 nitrogen and oxygen atoms in total. The molecular weight excluding hydrogens is 397 g/mol. The summed E-state index contributed by atoms with van der Waals surface area (Å²) in [4.78, 5) is 21.3. The van der Waals surface area contributed by atoms with Gasteiger partial charge in [-0.05, 0) is 37.1 Å². The predicted molar refractivity (Wildman–Crippen MR) is 112 cm³/mol. The van der Waals surface area contributed by atoms with Crippen LogP contribution in [-0.4, -0.2) is 48.1 Å². The highest BCUT2D eigenvalue weighted by Crippen LogP contribution is 2.33. The first-order valence-corrected chi connectivity index (χ1v) is 10.5. The van der Waals surface area contributed by atoms with E-state index < -0.39 is 0 Å². The summed E-state index contributed by atoms with van der Waals surface area (Å²) in [6.07, 6.45) is 5.78. The largest absolute Gasteiger partial charge is 0.489 e. The number of rotatable bonds is 4. The van der Waals surface area contributed by atoms with Crippen molar-refractivity contribution >= 4 is 34.8 Å². The monoisotopic (exact) mass is 419 g/mol. The molecule has 28 heavy (non-hydrogen) atoms. The van der Waals surface area contributed by atoms with Crippen molar-refractivity contribution in [3.8, 4) is 5.75 Å². The molecule has 2 aromatic rings. The average molecular weight is 420 g/mol. The van der Waals surface area contributed by atoms with Crippen LogP contribution < -0.4 is 9.64 Å². The van der Waals surface area contributed by atoms with Gasteiger partial charge in [-0.15, -0.1) is 0 Å². The Labute approximate surface area is 175 Å². The minimum absolute atomic E-state index is 0.0190. The van der Waals surface area contributed by atoms with Crippen molar-refractivity contribution in [2.24, 2.45) is 0 Å². The molecule has 1 amide bonds. The lowest BCUT2D eigenvalue weighted by Gasteiger charge is -2.32. The molecule has 3 heterocycles. The van der Waals surface area contributed by atoms with Gasteiger partial charge in [0.25, 0.3) is 5.91 Å². The smallest absolute Gasteiger partial charge is 0.272 e. The number of carbonyl (C=O) groups excluding carboxylic acids is 1. The molecule has 0 saturated carbocycles. The third kappa shape index (κ3) is 4.20. The highest BCUT2D eigenvalue weighted by Gasteiger charge is 2.26. The highest BCUT2D eigenvalue weighted by atomic mass is 35.5. The topological polar surface area (TPSA) is 45.7 Å². The Kier molecular flexibility index (Phi) is 5.93. The maximum absolute atomic E-state index is 12.8. The molecule has 148 valence electrons. The van der Waals surface area contributed by atoms with Crippen molar-refractivity contribution in [3.63, 3.8) is 0 Å². The van der Waals surface area contributed by atoms with Crippen LogP contribution in [-0.2, 0) is 0 Å². The molecule has 0 radical (unpaired) electrons. The Morgan fingerprint density at radius 3 is 2.46 bits per heavy atom. The molecule has 0 spiro atoms. The second kappa shape index (κ2) is 8.58. The first kappa shape index (κ1) is 19.3. The number of anilines is 1. The first-order valence-electron chi connectivity index (χ1n) is 9.73. The number of ether oxygens (including phenoxy) is 1. The average Bonchev–Trinajstić information content (AvgIpc) is 3.26. The van der Waals surface area contributed by atoms with E-state index in [2.05, 4.69) is 9.88 Å². The van der Waals surface area contributed by atoms with E-state index in [0.29, 0.717) is 34.6 Å². The van der Waals surface area contributed by atoms with E-state index in [4.69, 9.17) is 27.9 Å². The van der Waals surface area contributed by atoms with Crippen LogP contribution in [0.25, 0.3) is 0 Å². The van der Waals surface area contributed by atoms with Crippen molar-refractivity contribution in [1.82, 2.24) is 9.88 Å². The molecule has 2 aliphatic heterocycles. The molecule has 0 N–H and O–H groups in total. The zero-order valence-corrected chi connectivity index (χ0v) is 17.1. The van der Waals surface area contributed by atoms with E-state index >= 15 is 0 Å². The molecule has 2 saturated heterocycles. The first-order chi connectivity index (χ1) is 13.6. The van der Waals surface area contributed by atoms with Gasteiger partial charge in [0.05, 0.1) is 16.9 Å². The van der Waals surface area contributed by atoms with Crippen molar-refractivity contribution < 1.29 is 9.53 Å². The Bertz CT molecular complexity index is 830. The van der Waals surface area contributed by atoms with Gasteiger partial charge >= 0.3 is 0 Å². The van der Waals surface area contributed by atoms with Crippen LogP contribution in [0.3, 0.4) is 0 Å². The normalized spacial score (nSPS) is 17.8. The van der Waals surface area contributed by atoms with Gasteiger partial charge in [-0.2, -0.15) is 0 Å². The molecule has 2 fully saturated rings. The van der Waals surface area contributed by atoms with E-state index in [-0.39, 0.29) is 12.0 Å². The fourth-order valence-corrected chi connectivity index (χ4v) is 4.10. The Balaban J connectivity index is 1.33. The van der Waals surface area contributed by atoms with Crippen LogP contribution in [0, 0.1) is 0 Å². The summed E-state index contributed by atoms with van der Waals surface area (Å²) in [5.74, 6) is 0.574. The lowest BCUT2D eigenvalue weighted by Crippen LogP contribution is -2.42. The van der Waals surface area contributed by atoms with Crippen molar-refractivity contribution in [3.05, 3.63) is 52.3 Å². The van der Waals surface area contributed by atoms with Crippen LogP contribution in [0.2, 0.25) is 10.0 Å². The summed E-state index contributed by atoms with van der Waals surface area (Å²) >= 11 is 12.2. The molecule has 4 rings (SSSR count). The lowest BCUT2D eigenvalue weighted by atomic mass is 10.1. The molecular formula is C21H23Cl2N3O2. The molecule has 1 aromatic heterocycles. The summed E-state index contributed by atoms with van der Waals surface area (Å²) < 4.78 is 6.00. The van der Waals surface area contributed by atoms with Gasteiger partial charge in [-0.25, -0.2) is 4.98 Å². The number of carbonyl (C=O) groups is 1. The van der Waals surface area contributed by atoms with Gasteiger partial charge in [-0.1, -0.05) is 29.3 Å². The Morgan fingerprint density at radius 1 is 1.04 bits per heavy atom. The maximum atomic E-state index is 12.8. The fourth-order valence-electron chi connectivity index (χ4n) is 3.77. The number of hydrogen-bond donors (Lipinski definition) is 0. The molecule has 7 heteroatoms. The molecule has 0 atom stereocenters. The third-order valence-corrected chi connectivity index (χ3v) is 6.18. The summed E-state index contributed by atoms with van der Waals surface area (Å²) in [5.41, 5.74) is 1.60. The van der Waals surface area contributed by atoms with Crippen LogP contribution >= 0.6 is 23.2 Å². The summed E-state index contributed by atoms with van der Waals surface area (Å²) in [6, 6.07) is 9.21. The minimum Gasteiger partial charge on any atom is -0.489 e. The molecule has 2 aliphatic rings. The van der Waals surface area contributed by atoms with Gasteiger partial charge in [0.2, 0.25) is 0 Å². The minimum atomic E-state index is -0.0211. The van der Waals surface area contributed by atoms with Crippen LogP contribution in [0.4, 0.5) is 5.69 Å². The standard InChI is InChI=1S/C21H23Cl2N3O2/c22-17-4-3-5-19(20(17)23)28-16-8-12-26(13-9-16)21(27)18-7-6-15(14-24-18)25-10-1-2-11-25/h3-7,14,16H,1-2,8-13H2. The van der Waals surface area contributed by atoms with Gasteiger partial charge < -0.3 is 14.5 Å². The summed E-state index contributed by atoms with van der Waals surface area (Å²) in [6.45, 7) is 3.41. The molecule has 1 aromatic carbocycles. The Hall–Kier alpha value is -1.98. The number of hydrogen-bond acceptors (Lipinski definition) is 4. The zero-order valence-electron chi connectivity index (χ0n) is 15.6. The van der Waals surface area contributed by atoms with Crippen molar-refractivity contribution in [2.75, 3.05) is 31.1 Å². The van der Waals surface area contributed by atoms with E-state index in [1.165, 1.54) is 12.8 Å². The third-order valence-electron chi connectivity index (χ3n) is 5.38. The van der Waals surface area contributed by atoms with E-state index in [1.54, 1.807) is 6.07 Å². The second-order valence-corrected chi connectivity index (χ2v) is 8.04. The quantitative estimate of drug-likeness (QED) is 0.721. The van der Waals surface area contributed by atoms with Crippen LogP contribution in [0.1, 0.15) is 36.2 Å². The van der Waals surface area contributed by atoms with Gasteiger partial charge in [-0.3, -0.25) is 4.79 Å². The highest BCUT2D eigenvalue weighted by molar-refractivity contribution is 6.42. The molecule has 0 bridgehead atoms. The Morgan fingerprint density at radius 2 is 1.79 bits per heavy atom. The summed E-state index contributed by atoms with van der Waals surface area (Å²) in [7, 11) is 0. The predicted octanol–water partition coefficient (Wildman–Crippen LogP) is 4.67. The zero-order chi connectivity index (χ0) is 19.5. The maximum Gasteiger partial charge on any atom is 0.272 e. The number of likely N-dealkylation sites (tertiary alicyclic amines) is 1. The number of nitrogens with zero attached hydrogens (tertiary/aromatic N) is 3. The van der Waals surface area contributed by atoms with E-state index in [9.17, 15) is 4.79 Å². The van der Waals surface area contributed by atoms with Crippen LogP contribution in [0.5, 0.6) is 5.75 Å². The summed E-state index contributed by atoms with van der Waals surface area (Å²) in [5, 5.41) is 0.917. The van der Waals surface area contributed by atoms with Gasteiger partial charge in [0.15, 0.2) is 0 Å².